The Balaban J connectivity index is 1.70. The lowest BCUT2D eigenvalue weighted by atomic mass is 9.67. The quantitative estimate of drug-likeness (QED) is 0.256. The zero-order valence-corrected chi connectivity index (χ0v) is 20.6. The predicted octanol–water partition coefficient (Wildman–Crippen LogP) is 1.41. The van der Waals surface area contributed by atoms with Crippen molar-refractivity contribution in [3.63, 3.8) is 0 Å². The van der Waals surface area contributed by atoms with Gasteiger partial charge >= 0.3 is 12.0 Å². The molecule has 16 heteroatoms. The van der Waals surface area contributed by atoms with E-state index in [2.05, 4.69) is 14.2 Å². The van der Waals surface area contributed by atoms with Crippen LogP contribution in [0.1, 0.15) is 26.2 Å². The van der Waals surface area contributed by atoms with Gasteiger partial charge in [0, 0.05) is 18.3 Å². The van der Waals surface area contributed by atoms with Crippen molar-refractivity contribution in [2.45, 2.75) is 68.4 Å². The van der Waals surface area contributed by atoms with E-state index in [9.17, 15) is 31.5 Å². The van der Waals surface area contributed by atoms with E-state index in [0.29, 0.717) is 12.8 Å². The van der Waals surface area contributed by atoms with Gasteiger partial charge < -0.3 is 11.5 Å². The molecule has 6 atom stereocenters. The van der Waals surface area contributed by atoms with Crippen LogP contribution in [0.5, 0.6) is 0 Å². The second kappa shape index (κ2) is 10.9. The molecule has 2 heterocycles. The Labute approximate surface area is 214 Å². The highest BCUT2D eigenvalue weighted by Crippen LogP contribution is 2.49. The first-order valence-corrected chi connectivity index (χ1v) is 12.1. The maximum atomic E-state index is 16.1. The molecule has 1 saturated carbocycles. The van der Waals surface area contributed by atoms with E-state index in [0.717, 1.165) is 0 Å². The van der Waals surface area contributed by atoms with Crippen molar-refractivity contribution in [1.29, 1.82) is 0 Å². The zero-order valence-electron chi connectivity index (χ0n) is 20.6. The van der Waals surface area contributed by atoms with E-state index in [1.807, 2.05) is 5.32 Å². The number of carbonyl (C=O) groups excluding carboxylic acids is 2. The standard InChI is InChI=1S/C22H31F6N5O5/c1-10-14-13(18(34)31-20(35)33(14)12-2-3-12)21(30,19(27)28)16(26)15(10)32-5-4-11(6-32)17(29)22(36-7-23,37-8-24)38-9-25/h11-13,15-17,19H,2-9,29-30H2,1H3,(H,31,34,35). The van der Waals surface area contributed by atoms with Crippen molar-refractivity contribution < 1.29 is 50.1 Å². The Morgan fingerprint density at radius 2 is 1.68 bits per heavy atom. The van der Waals surface area contributed by atoms with Gasteiger partial charge in [0.2, 0.25) is 5.91 Å². The number of nitrogens with zero attached hydrogens (tertiary/aromatic N) is 2. The molecule has 0 aromatic rings. The first-order valence-electron chi connectivity index (χ1n) is 12.1. The number of nitrogens with two attached hydrogens (primary N) is 2. The number of nitrogens with one attached hydrogen (secondary N) is 1. The molecule has 0 radical (unpaired) electrons. The zero-order chi connectivity index (χ0) is 28.0. The molecule has 4 rings (SSSR count). The summed E-state index contributed by atoms with van der Waals surface area (Å²) in [5.74, 6) is -6.33. The predicted molar refractivity (Wildman–Crippen MR) is 118 cm³/mol. The number of urea groups is 1. The van der Waals surface area contributed by atoms with Crippen LogP contribution < -0.4 is 16.8 Å². The van der Waals surface area contributed by atoms with Crippen molar-refractivity contribution in [3.8, 4) is 0 Å². The highest BCUT2D eigenvalue weighted by Gasteiger charge is 2.65. The maximum Gasteiger partial charge on any atom is 0.328 e. The van der Waals surface area contributed by atoms with Gasteiger partial charge in [-0.3, -0.25) is 34.1 Å². The Bertz CT molecular complexity index is 941. The number of amides is 3. The summed E-state index contributed by atoms with van der Waals surface area (Å²) in [6.45, 7) is -3.28. The SMILES string of the molecule is CC1=C2C(C(=O)NC(=O)N2C2CC2)C(N)(C(F)F)C(F)C1N1CCC(C(N)C(OCF)(OCF)OCF)C1. The maximum absolute atomic E-state index is 16.1. The fourth-order valence-corrected chi connectivity index (χ4v) is 5.99. The average molecular weight is 560 g/mol. The molecule has 5 N–H and O–H groups in total. The van der Waals surface area contributed by atoms with Gasteiger partial charge in [-0.15, -0.1) is 0 Å². The largest absolute Gasteiger partial charge is 0.328 e. The van der Waals surface area contributed by atoms with E-state index >= 15 is 4.39 Å². The average Bonchev–Trinajstić information content (AvgIpc) is 3.58. The molecular formula is C22H31F6N5O5. The summed E-state index contributed by atoms with van der Waals surface area (Å²) in [5.41, 5.74) is 9.33. The first-order chi connectivity index (χ1) is 18.0. The van der Waals surface area contributed by atoms with Crippen LogP contribution >= 0.6 is 0 Å². The number of imide groups is 1. The van der Waals surface area contributed by atoms with Crippen molar-refractivity contribution in [2.24, 2.45) is 23.3 Å². The van der Waals surface area contributed by atoms with Crippen LogP contribution in [0.3, 0.4) is 0 Å². The lowest BCUT2D eigenvalue weighted by molar-refractivity contribution is -0.416. The number of likely N-dealkylation sites (tertiary alicyclic amines) is 1. The molecule has 3 amide bonds. The third-order valence-corrected chi connectivity index (χ3v) is 7.97. The minimum Gasteiger partial charge on any atom is -0.321 e. The second-order valence-corrected chi connectivity index (χ2v) is 9.98. The van der Waals surface area contributed by atoms with Gasteiger partial charge in [-0.05, 0) is 44.2 Å². The summed E-state index contributed by atoms with van der Waals surface area (Å²) in [4.78, 5) is 28.1. The van der Waals surface area contributed by atoms with Gasteiger partial charge in [0.15, 0.2) is 20.6 Å². The van der Waals surface area contributed by atoms with E-state index in [1.54, 1.807) is 0 Å². The molecule has 10 nitrogen and oxygen atoms in total. The van der Waals surface area contributed by atoms with Crippen LogP contribution in [0.15, 0.2) is 11.3 Å². The summed E-state index contributed by atoms with van der Waals surface area (Å²) >= 11 is 0. The van der Waals surface area contributed by atoms with Crippen LogP contribution in [0.2, 0.25) is 0 Å². The number of rotatable bonds is 11. The molecule has 2 aliphatic heterocycles. The molecular weight excluding hydrogens is 528 g/mol. The normalized spacial score (nSPS) is 33.7. The molecule has 216 valence electrons. The van der Waals surface area contributed by atoms with E-state index in [1.165, 1.54) is 16.7 Å². The lowest BCUT2D eigenvalue weighted by Gasteiger charge is -2.52. The number of fused-ring (bicyclic) bond motifs is 1. The molecule has 0 aromatic heterocycles. The number of alkyl halides is 6. The Hall–Kier alpha value is -1.98. The lowest BCUT2D eigenvalue weighted by Crippen LogP contribution is -2.74. The molecule has 4 aliphatic rings. The molecule has 0 bridgehead atoms. The molecule has 38 heavy (non-hydrogen) atoms. The summed E-state index contributed by atoms with van der Waals surface area (Å²) in [5, 5.41) is 2.03. The van der Waals surface area contributed by atoms with E-state index in [4.69, 9.17) is 11.5 Å². The highest BCUT2D eigenvalue weighted by atomic mass is 19.3. The van der Waals surface area contributed by atoms with Gasteiger partial charge in [0.25, 0.3) is 6.43 Å². The number of ether oxygens (including phenoxy) is 3. The molecule has 6 unspecified atom stereocenters. The summed E-state index contributed by atoms with van der Waals surface area (Å²) in [6, 6.07) is -4.00. The van der Waals surface area contributed by atoms with Crippen LogP contribution in [-0.4, -0.2) is 97.6 Å². The minimum absolute atomic E-state index is 0.0488. The van der Waals surface area contributed by atoms with Crippen molar-refractivity contribution in [3.05, 3.63) is 11.3 Å². The van der Waals surface area contributed by atoms with Crippen LogP contribution in [0.4, 0.5) is 31.1 Å². The topological polar surface area (TPSA) is 132 Å². The molecule has 2 aliphatic carbocycles. The van der Waals surface area contributed by atoms with Crippen LogP contribution in [0.25, 0.3) is 0 Å². The number of carbonyl (C=O) groups is 2. The number of hydrogen-bond acceptors (Lipinski definition) is 8. The molecule has 2 saturated heterocycles. The Kier molecular flexibility index (Phi) is 8.31. The fraction of sp³-hybridized carbons (Fsp3) is 0.818. The first kappa shape index (κ1) is 29.0. The minimum atomic E-state index is -3.48. The van der Waals surface area contributed by atoms with Crippen LogP contribution in [-0.2, 0) is 19.0 Å². The smallest absolute Gasteiger partial charge is 0.321 e. The van der Waals surface area contributed by atoms with Gasteiger partial charge in [-0.2, -0.15) is 0 Å². The Morgan fingerprint density at radius 1 is 1.11 bits per heavy atom. The van der Waals surface area contributed by atoms with Crippen LogP contribution in [0, 0.1) is 11.8 Å². The van der Waals surface area contributed by atoms with Gasteiger partial charge in [0.1, 0.15) is 17.6 Å². The highest BCUT2D eigenvalue weighted by molar-refractivity contribution is 6.02. The van der Waals surface area contributed by atoms with Crippen molar-refractivity contribution in [2.75, 3.05) is 33.7 Å². The number of hydrogen-bond donors (Lipinski definition) is 3. The molecule has 3 fully saturated rings. The second-order valence-electron chi connectivity index (χ2n) is 9.98. The monoisotopic (exact) mass is 559 g/mol. The Morgan fingerprint density at radius 3 is 2.18 bits per heavy atom. The van der Waals surface area contributed by atoms with E-state index in [-0.39, 0.29) is 36.8 Å². The summed E-state index contributed by atoms with van der Waals surface area (Å²) in [7, 11) is 0. The molecule has 0 aromatic carbocycles. The van der Waals surface area contributed by atoms with Gasteiger partial charge in [0.05, 0.1) is 12.1 Å². The van der Waals surface area contributed by atoms with E-state index < -0.39 is 80.5 Å². The summed E-state index contributed by atoms with van der Waals surface area (Å²) < 4.78 is 98.3. The molecule has 0 spiro atoms. The third-order valence-electron chi connectivity index (χ3n) is 7.97. The van der Waals surface area contributed by atoms with Gasteiger partial charge in [-0.1, -0.05) is 0 Å². The van der Waals surface area contributed by atoms with Crippen molar-refractivity contribution >= 4 is 11.9 Å². The van der Waals surface area contributed by atoms with Crippen molar-refractivity contribution in [1.82, 2.24) is 15.1 Å². The fourth-order valence-electron chi connectivity index (χ4n) is 5.99. The van der Waals surface area contributed by atoms with Gasteiger partial charge in [-0.25, -0.2) is 31.1 Å². The number of halogens is 6. The third kappa shape index (κ3) is 4.58. The summed E-state index contributed by atoms with van der Waals surface area (Å²) in [6.07, 6.45) is -4.65.